The first kappa shape index (κ1) is 21.9. The van der Waals surface area contributed by atoms with Crippen molar-refractivity contribution in [3.8, 4) is 0 Å². The molecule has 0 aliphatic rings. The molecule has 0 bridgehead atoms. The Balaban J connectivity index is 1.72. The van der Waals surface area contributed by atoms with Crippen LogP contribution in [-0.4, -0.2) is 51.5 Å². The average Bonchev–Trinajstić information content (AvgIpc) is 3.18. The highest BCUT2D eigenvalue weighted by Gasteiger charge is 2.18. The Labute approximate surface area is 177 Å². The van der Waals surface area contributed by atoms with Gasteiger partial charge in [0.1, 0.15) is 0 Å². The smallest absolute Gasteiger partial charge is 0.326 e. The number of nitrogens with one attached hydrogen (secondary N) is 3. The minimum absolute atomic E-state index is 0.0421. The van der Waals surface area contributed by atoms with Crippen molar-refractivity contribution in [2.75, 3.05) is 26.2 Å². The molecule has 2 heterocycles. The molecule has 7 heteroatoms. The Morgan fingerprint density at radius 2 is 1.87 bits per heavy atom. The minimum Gasteiger partial charge on any atom is -0.362 e. The van der Waals surface area contributed by atoms with Crippen LogP contribution in [0.2, 0.25) is 0 Å². The summed E-state index contributed by atoms with van der Waals surface area (Å²) in [5.41, 5.74) is 6.30. The molecule has 3 N–H and O–H groups in total. The van der Waals surface area contributed by atoms with Gasteiger partial charge in [-0.3, -0.25) is 9.36 Å². The molecule has 0 aliphatic heterocycles. The van der Waals surface area contributed by atoms with Crippen molar-refractivity contribution in [3.05, 3.63) is 56.8 Å². The van der Waals surface area contributed by atoms with Crippen LogP contribution in [-0.2, 0) is 13.0 Å². The highest BCUT2D eigenvalue weighted by Crippen LogP contribution is 2.19. The van der Waals surface area contributed by atoms with Crippen molar-refractivity contribution in [2.24, 2.45) is 0 Å². The second-order valence-electron chi connectivity index (χ2n) is 7.86. The van der Waals surface area contributed by atoms with Gasteiger partial charge in [-0.1, -0.05) is 19.9 Å². The summed E-state index contributed by atoms with van der Waals surface area (Å²) in [4.78, 5) is 33.7. The molecule has 0 atom stereocenters. The van der Waals surface area contributed by atoms with Gasteiger partial charge in [-0.05, 0) is 57.1 Å². The maximum absolute atomic E-state index is 12.7. The van der Waals surface area contributed by atoms with E-state index in [2.05, 4.69) is 34.0 Å². The van der Waals surface area contributed by atoms with E-state index < -0.39 is 0 Å². The first-order valence-electron chi connectivity index (χ1n) is 10.7. The van der Waals surface area contributed by atoms with Gasteiger partial charge in [0.2, 0.25) is 0 Å². The van der Waals surface area contributed by atoms with E-state index in [1.807, 2.05) is 39.0 Å². The van der Waals surface area contributed by atoms with Gasteiger partial charge in [0.15, 0.2) is 0 Å². The molecule has 7 nitrogen and oxygen atoms in total. The van der Waals surface area contributed by atoms with Crippen LogP contribution >= 0.6 is 0 Å². The van der Waals surface area contributed by atoms with Crippen LogP contribution in [0, 0.1) is 20.8 Å². The zero-order valence-electron chi connectivity index (χ0n) is 18.7. The Morgan fingerprint density at radius 1 is 1.13 bits per heavy atom. The predicted molar refractivity (Wildman–Crippen MR) is 121 cm³/mol. The lowest BCUT2D eigenvalue weighted by molar-refractivity contribution is 0.0948. The molecule has 0 unspecified atom stereocenters. The number of aromatic amines is 2. The molecule has 2 aromatic heterocycles. The number of H-pyrrole nitrogens is 2. The van der Waals surface area contributed by atoms with E-state index in [1.165, 1.54) is 0 Å². The lowest BCUT2D eigenvalue weighted by Crippen LogP contribution is -2.35. The van der Waals surface area contributed by atoms with Gasteiger partial charge in [-0.2, -0.15) is 0 Å². The third-order valence-corrected chi connectivity index (χ3v) is 5.89. The second-order valence-corrected chi connectivity index (χ2v) is 7.86. The first-order chi connectivity index (χ1) is 14.3. The van der Waals surface area contributed by atoms with Gasteiger partial charge in [-0.25, -0.2) is 4.79 Å². The van der Waals surface area contributed by atoms with E-state index in [4.69, 9.17) is 0 Å². The molecule has 30 heavy (non-hydrogen) atoms. The van der Waals surface area contributed by atoms with Crippen molar-refractivity contribution in [3.63, 3.8) is 0 Å². The largest absolute Gasteiger partial charge is 0.362 e. The van der Waals surface area contributed by atoms with E-state index in [9.17, 15) is 9.59 Å². The Bertz CT molecular complexity index is 1090. The number of carbonyl (C=O) groups excluding carboxylic acids is 1. The highest BCUT2D eigenvalue weighted by atomic mass is 16.2. The number of aromatic nitrogens is 3. The number of likely N-dealkylation sites (N-methyl/N-ethyl adjacent to an activating group) is 1. The molecule has 162 valence electrons. The molecular weight excluding hydrogens is 378 g/mol. The van der Waals surface area contributed by atoms with Crippen LogP contribution in [0.4, 0.5) is 0 Å². The zero-order valence-corrected chi connectivity index (χ0v) is 18.7. The zero-order chi connectivity index (χ0) is 21.8. The molecule has 0 spiro atoms. The summed E-state index contributed by atoms with van der Waals surface area (Å²) in [5.74, 6) is -0.0421. The summed E-state index contributed by atoms with van der Waals surface area (Å²) in [6.45, 7) is 14.1. The maximum Gasteiger partial charge on any atom is 0.326 e. The number of carbonyl (C=O) groups is 1. The molecule has 0 saturated carbocycles. The number of fused-ring (bicyclic) bond motifs is 1. The standard InChI is InChI=1S/C23H33N5O2/c1-6-27(7-2)13-11-24-22(29)21-16(4)18(25-17(21)5)10-12-28-20-14-15(3)8-9-19(20)26-23(28)30/h8-9,14,25H,6-7,10-13H2,1-5H3,(H,24,29)(H,26,30). The number of nitrogens with zero attached hydrogens (tertiary/aromatic N) is 2. The fourth-order valence-corrected chi connectivity index (χ4v) is 4.07. The number of imidazole rings is 1. The first-order valence-corrected chi connectivity index (χ1v) is 10.7. The fourth-order valence-electron chi connectivity index (χ4n) is 4.07. The average molecular weight is 412 g/mol. The number of aryl methyl sites for hydroxylation is 4. The van der Waals surface area contributed by atoms with Gasteiger partial charge < -0.3 is 20.2 Å². The van der Waals surface area contributed by atoms with Crippen LogP contribution in [0.3, 0.4) is 0 Å². The van der Waals surface area contributed by atoms with Gasteiger partial charge in [-0.15, -0.1) is 0 Å². The lowest BCUT2D eigenvalue weighted by atomic mass is 10.1. The summed E-state index contributed by atoms with van der Waals surface area (Å²) in [6.07, 6.45) is 0.653. The van der Waals surface area contributed by atoms with E-state index in [0.29, 0.717) is 25.1 Å². The topological polar surface area (TPSA) is 85.9 Å². The van der Waals surface area contributed by atoms with Crippen LogP contribution in [0.15, 0.2) is 23.0 Å². The molecule has 3 aromatic rings. The van der Waals surface area contributed by atoms with Gasteiger partial charge >= 0.3 is 5.69 Å². The van der Waals surface area contributed by atoms with Gasteiger partial charge in [0, 0.05) is 37.4 Å². The highest BCUT2D eigenvalue weighted by molar-refractivity contribution is 5.97. The molecule has 1 amide bonds. The third-order valence-electron chi connectivity index (χ3n) is 5.89. The van der Waals surface area contributed by atoms with Crippen molar-refractivity contribution in [2.45, 2.75) is 47.6 Å². The normalized spacial score (nSPS) is 11.5. The Morgan fingerprint density at radius 3 is 2.57 bits per heavy atom. The predicted octanol–water partition coefficient (Wildman–Crippen LogP) is 2.90. The maximum atomic E-state index is 12.7. The van der Waals surface area contributed by atoms with E-state index in [-0.39, 0.29) is 11.6 Å². The van der Waals surface area contributed by atoms with E-state index in [0.717, 1.165) is 53.2 Å². The second kappa shape index (κ2) is 9.34. The third kappa shape index (κ3) is 4.51. The van der Waals surface area contributed by atoms with Crippen LogP contribution < -0.4 is 11.0 Å². The van der Waals surface area contributed by atoms with Crippen molar-refractivity contribution < 1.29 is 4.79 Å². The number of rotatable bonds is 9. The van der Waals surface area contributed by atoms with Crippen molar-refractivity contribution in [1.29, 1.82) is 0 Å². The Hall–Kier alpha value is -2.80. The summed E-state index contributed by atoms with van der Waals surface area (Å²) >= 11 is 0. The fraction of sp³-hybridized carbons (Fsp3) is 0.478. The molecule has 0 saturated heterocycles. The minimum atomic E-state index is -0.106. The molecule has 1 aromatic carbocycles. The number of hydrogen-bond donors (Lipinski definition) is 3. The number of hydrogen-bond acceptors (Lipinski definition) is 3. The number of benzene rings is 1. The van der Waals surface area contributed by atoms with E-state index >= 15 is 0 Å². The molecule has 0 radical (unpaired) electrons. The molecule has 0 fully saturated rings. The summed E-state index contributed by atoms with van der Waals surface area (Å²) in [6, 6.07) is 5.95. The molecular formula is C23H33N5O2. The quantitative estimate of drug-likeness (QED) is 0.506. The summed E-state index contributed by atoms with van der Waals surface area (Å²) < 4.78 is 1.77. The van der Waals surface area contributed by atoms with Crippen molar-refractivity contribution >= 4 is 16.9 Å². The van der Waals surface area contributed by atoms with E-state index in [1.54, 1.807) is 4.57 Å². The summed E-state index contributed by atoms with van der Waals surface area (Å²) in [7, 11) is 0. The monoisotopic (exact) mass is 411 g/mol. The van der Waals surface area contributed by atoms with Crippen LogP contribution in [0.25, 0.3) is 11.0 Å². The van der Waals surface area contributed by atoms with Gasteiger partial charge in [0.05, 0.1) is 16.6 Å². The van der Waals surface area contributed by atoms with Crippen molar-refractivity contribution in [1.82, 2.24) is 24.8 Å². The Kier molecular flexibility index (Phi) is 6.82. The summed E-state index contributed by atoms with van der Waals surface area (Å²) in [5, 5.41) is 3.04. The molecule has 0 aliphatic carbocycles. The number of amides is 1. The SMILES string of the molecule is CCN(CC)CCNC(=O)c1c(C)[nH]c(CCn2c(=O)[nH]c3ccc(C)cc32)c1C. The lowest BCUT2D eigenvalue weighted by Gasteiger charge is -2.18. The van der Waals surface area contributed by atoms with Crippen LogP contribution in [0.1, 0.15) is 46.7 Å². The molecule has 3 rings (SSSR count). The van der Waals surface area contributed by atoms with Gasteiger partial charge in [0.25, 0.3) is 5.91 Å². The van der Waals surface area contributed by atoms with Crippen LogP contribution in [0.5, 0.6) is 0 Å².